The van der Waals surface area contributed by atoms with E-state index in [0.29, 0.717) is 12.1 Å². The van der Waals surface area contributed by atoms with E-state index in [1.807, 2.05) is 18.3 Å². The van der Waals surface area contributed by atoms with E-state index in [2.05, 4.69) is 40.6 Å². The van der Waals surface area contributed by atoms with Crippen LogP contribution in [0.15, 0.2) is 40.4 Å². The average Bonchev–Trinajstić information content (AvgIpc) is 3.30. The van der Waals surface area contributed by atoms with Crippen LogP contribution in [0.5, 0.6) is 0 Å². The molecule has 2 aliphatic carbocycles. The lowest BCUT2D eigenvalue weighted by molar-refractivity contribution is 0.0646. The van der Waals surface area contributed by atoms with Crippen LogP contribution in [-0.4, -0.2) is 40.2 Å². The number of hydrogen-bond acceptors (Lipinski definition) is 2. The number of para-hydroxylation sites is 1. The fraction of sp³-hybridized carbons (Fsp3) is 0.455. The van der Waals surface area contributed by atoms with E-state index in [9.17, 15) is 4.79 Å². The summed E-state index contributed by atoms with van der Waals surface area (Å²) >= 11 is 0. The number of carbonyl (C=O) groups excluding carboxylic acids is 1. The predicted octanol–water partition coefficient (Wildman–Crippen LogP) is 4.02. The molecule has 1 aliphatic heterocycles. The van der Waals surface area contributed by atoms with Crippen molar-refractivity contribution in [2.45, 2.75) is 51.1 Å². The number of benzene rings is 1. The molecule has 0 bridgehead atoms. The highest BCUT2D eigenvalue weighted by Crippen LogP contribution is 2.38. The van der Waals surface area contributed by atoms with Gasteiger partial charge in [-0.15, -0.1) is 0 Å². The maximum Gasteiger partial charge on any atom is 0.256 e. The molecule has 4 heteroatoms. The van der Waals surface area contributed by atoms with E-state index >= 15 is 0 Å². The summed E-state index contributed by atoms with van der Waals surface area (Å²) in [6.45, 7) is 2.95. The molecule has 134 valence electrons. The molecule has 2 aromatic rings. The van der Waals surface area contributed by atoms with Crippen molar-refractivity contribution in [3.05, 3.63) is 46.7 Å². The summed E-state index contributed by atoms with van der Waals surface area (Å²) in [4.78, 5) is 20.4. The lowest BCUT2D eigenvalue weighted by Crippen LogP contribution is -2.43. The first-order valence-electron chi connectivity index (χ1n) is 9.72. The Hall–Kier alpha value is -2.36. The molecule has 5 rings (SSSR count). The molecule has 0 N–H and O–H groups in total. The topological polar surface area (TPSA) is 37.6 Å². The van der Waals surface area contributed by atoms with Crippen LogP contribution in [0.25, 0.3) is 10.9 Å². The molecular weight excluding hydrogens is 322 g/mol. The van der Waals surface area contributed by atoms with Crippen LogP contribution in [0.2, 0.25) is 0 Å². The number of rotatable bonds is 3. The third-order valence-corrected chi connectivity index (χ3v) is 6.40. The second-order valence-electron chi connectivity index (χ2n) is 7.98. The molecule has 1 fully saturated rings. The number of carbonyl (C=O) groups is 1. The zero-order valence-corrected chi connectivity index (χ0v) is 15.5. The summed E-state index contributed by atoms with van der Waals surface area (Å²) < 4.78 is 2.15. The van der Waals surface area contributed by atoms with Crippen molar-refractivity contribution < 1.29 is 4.79 Å². The first kappa shape index (κ1) is 15.9. The third-order valence-electron chi connectivity index (χ3n) is 6.40. The number of amides is 1. The van der Waals surface area contributed by atoms with E-state index in [1.54, 1.807) is 0 Å². The van der Waals surface area contributed by atoms with Crippen LogP contribution in [0.4, 0.5) is 0 Å². The molecule has 1 aromatic heterocycles. The monoisotopic (exact) mass is 347 g/mol. The molecule has 1 unspecified atom stereocenters. The Morgan fingerprint density at radius 3 is 2.81 bits per heavy atom. The van der Waals surface area contributed by atoms with Crippen LogP contribution in [0, 0.1) is 6.92 Å². The maximum atomic E-state index is 13.7. The number of fused-ring (bicyclic) bond motifs is 1. The van der Waals surface area contributed by atoms with Gasteiger partial charge in [0.25, 0.3) is 5.91 Å². The van der Waals surface area contributed by atoms with Crippen molar-refractivity contribution in [3.8, 4) is 0 Å². The quantitative estimate of drug-likeness (QED) is 0.826. The largest absolute Gasteiger partial charge is 0.347 e. The minimum atomic E-state index is 0.228. The first-order chi connectivity index (χ1) is 12.6. The van der Waals surface area contributed by atoms with Gasteiger partial charge in [0.15, 0.2) is 0 Å². The van der Waals surface area contributed by atoms with Crippen LogP contribution < -0.4 is 0 Å². The molecule has 1 saturated carbocycles. The van der Waals surface area contributed by atoms with E-state index in [-0.39, 0.29) is 5.91 Å². The second-order valence-corrected chi connectivity index (χ2v) is 7.98. The van der Waals surface area contributed by atoms with E-state index in [0.717, 1.165) is 60.8 Å². The molecule has 3 aliphatic rings. The summed E-state index contributed by atoms with van der Waals surface area (Å²) in [6, 6.07) is 9.01. The minimum Gasteiger partial charge on any atom is -0.347 e. The van der Waals surface area contributed by atoms with E-state index < -0.39 is 0 Å². The number of aromatic nitrogens is 1. The molecule has 0 saturated heterocycles. The molecule has 1 amide bonds. The molecule has 1 atom stereocenters. The highest BCUT2D eigenvalue weighted by Gasteiger charge is 2.40. The second kappa shape index (κ2) is 5.83. The molecule has 0 spiro atoms. The molecule has 2 heterocycles. The van der Waals surface area contributed by atoms with Gasteiger partial charge in [0.2, 0.25) is 0 Å². The summed E-state index contributed by atoms with van der Waals surface area (Å²) in [5, 5.41) is 1.08. The Labute approximate surface area is 154 Å². The highest BCUT2D eigenvalue weighted by molar-refractivity contribution is 6.08. The van der Waals surface area contributed by atoms with Crippen molar-refractivity contribution in [2.24, 2.45) is 12.0 Å². The van der Waals surface area contributed by atoms with Crippen LogP contribution >= 0.6 is 0 Å². The standard InChI is InChI=1S/C22H25N3O/c1-14-21(19-5-3-4-6-20(19)24(14)2)22(26)25(17-9-10-17)18-8-7-15-12-23-13-16(15)11-18/h3-6,13,17-18H,7-12H2,1-2H3. The predicted molar refractivity (Wildman–Crippen MR) is 105 cm³/mol. The maximum absolute atomic E-state index is 13.7. The van der Waals surface area contributed by atoms with E-state index in [4.69, 9.17) is 0 Å². The van der Waals surface area contributed by atoms with Gasteiger partial charge in [-0.1, -0.05) is 18.2 Å². The fourth-order valence-corrected chi connectivity index (χ4v) is 4.73. The molecule has 0 radical (unpaired) electrons. The molecule has 4 nitrogen and oxygen atoms in total. The third kappa shape index (κ3) is 2.35. The molecule has 26 heavy (non-hydrogen) atoms. The van der Waals surface area contributed by atoms with Crippen molar-refractivity contribution in [2.75, 3.05) is 6.54 Å². The van der Waals surface area contributed by atoms with Gasteiger partial charge in [0, 0.05) is 41.9 Å². The Kier molecular flexibility index (Phi) is 3.56. The fourth-order valence-electron chi connectivity index (χ4n) is 4.73. The van der Waals surface area contributed by atoms with Gasteiger partial charge < -0.3 is 9.47 Å². The van der Waals surface area contributed by atoms with Gasteiger partial charge in [-0.25, -0.2) is 0 Å². The van der Waals surface area contributed by atoms with Gasteiger partial charge in [0.1, 0.15) is 0 Å². The SMILES string of the molecule is Cc1c(C(=O)N(C2CC2)C2CCC3=C(C=NC3)C2)c2ccccc2n1C. The minimum absolute atomic E-state index is 0.228. The lowest BCUT2D eigenvalue weighted by atomic mass is 9.88. The normalized spacial score (nSPS) is 22.2. The summed E-state index contributed by atoms with van der Waals surface area (Å²) in [5.41, 5.74) is 5.98. The molecule has 1 aromatic carbocycles. The van der Waals surface area contributed by atoms with Crippen molar-refractivity contribution in [1.29, 1.82) is 0 Å². The van der Waals surface area contributed by atoms with Gasteiger partial charge in [0.05, 0.1) is 12.1 Å². The van der Waals surface area contributed by atoms with Crippen LogP contribution in [0.3, 0.4) is 0 Å². The Bertz CT molecular complexity index is 961. The highest BCUT2D eigenvalue weighted by atomic mass is 16.2. The average molecular weight is 347 g/mol. The first-order valence-corrected chi connectivity index (χ1v) is 9.72. The number of hydrogen-bond donors (Lipinski definition) is 0. The smallest absolute Gasteiger partial charge is 0.256 e. The lowest BCUT2D eigenvalue weighted by Gasteiger charge is -2.35. The van der Waals surface area contributed by atoms with Gasteiger partial charge in [-0.2, -0.15) is 0 Å². The van der Waals surface area contributed by atoms with Crippen molar-refractivity contribution in [1.82, 2.24) is 9.47 Å². The Balaban J connectivity index is 1.54. The Morgan fingerprint density at radius 2 is 2.00 bits per heavy atom. The van der Waals surface area contributed by atoms with Crippen LogP contribution in [-0.2, 0) is 7.05 Å². The summed E-state index contributed by atoms with van der Waals surface area (Å²) in [6.07, 6.45) is 7.47. The Morgan fingerprint density at radius 1 is 1.19 bits per heavy atom. The zero-order valence-electron chi connectivity index (χ0n) is 15.5. The number of aliphatic imine (C=N–C) groups is 1. The van der Waals surface area contributed by atoms with Gasteiger partial charge in [-0.05, 0) is 56.2 Å². The van der Waals surface area contributed by atoms with Crippen molar-refractivity contribution >= 4 is 23.0 Å². The van der Waals surface area contributed by atoms with Crippen LogP contribution in [0.1, 0.15) is 48.2 Å². The summed E-state index contributed by atoms with van der Waals surface area (Å²) in [7, 11) is 2.06. The van der Waals surface area contributed by atoms with Crippen molar-refractivity contribution in [3.63, 3.8) is 0 Å². The summed E-state index contributed by atoms with van der Waals surface area (Å²) in [5.74, 6) is 0.228. The number of aryl methyl sites for hydroxylation is 1. The molecular formula is C22H25N3O. The number of nitrogens with zero attached hydrogens (tertiary/aromatic N) is 3. The zero-order chi connectivity index (χ0) is 17.8. The van der Waals surface area contributed by atoms with Gasteiger partial charge >= 0.3 is 0 Å². The van der Waals surface area contributed by atoms with E-state index in [1.165, 1.54) is 11.1 Å². The van der Waals surface area contributed by atoms with Gasteiger partial charge in [-0.3, -0.25) is 9.79 Å².